The van der Waals surface area contributed by atoms with Crippen LogP contribution < -0.4 is 10.6 Å². The summed E-state index contributed by atoms with van der Waals surface area (Å²) in [6.45, 7) is 4.26. The predicted octanol–water partition coefficient (Wildman–Crippen LogP) is 2.44. The maximum Gasteiger partial charge on any atom is 0.340 e. The molecule has 0 radical (unpaired) electrons. The summed E-state index contributed by atoms with van der Waals surface area (Å²) in [7, 11) is 0. The molecule has 18 heavy (non-hydrogen) atoms. The van der Waals surface area contributed by atoms with Crippen LogP contribution in [0, 0.1) is 0 Å². The number of benzene rings is 1. The molecule has 2 rings (SSSR count). The van der Waals surface area contributed by atoms with Crippen molar-refractivity contribution in [2.24, 2.45) is 0 Å². The van der Waals surface area contributed by atoms with E-state index in [1.54, 1.807) is 13.0 Å². The summed E-state index contributed by atoms with van der Waals surface area (Å²) in [6.07, 6.45) is 3.70. The Labute approximate surface area is 108 Å². The number of piperidine rings is 1. The van der Waals surface area contributed by atoms with Gasteiger partial charge in [0.25, 0.3) is 0 Å². The summed E-state index contributed by atoms with van der Waals surface area (Å²) >= 11 is 0. The SMILES string of the molecule is CCOC(=O)c1cc(N2CCCCC2)ccc1N. The van der Waals surface area contributed by atoms with Crippen molar-refractivity contribution in [3.63, 3.8) is 0 Å². The number of hydrogen-bond donors (Lipinski definition) is 1. The van der Waals surface area contributed by atoms with Crippen molar-refractivity contribution >= 4 is 17.3 Å². The number of esters is 1. The van der Waals surface area contributed by atoms with Crippen molar-refractivity contribution in [3.05, 3.63) is 23.8 Å². The van der Waals surface area contributed by atoms with Crippen molar-refractivity contribution in [1.29, 1.82) is 0 Å². The van der Waals surface area contributed by atoms with Crippen LogP contribution in [-0.4, -0.2) is 25.7 Å². The highest BCUT2D eigenvalue weighted by molar-refractivity contribution is 5.96. The molecule has 0 atom stereocenters. The zero-order chi connectivity index (χ0) is 13.0. The number of nitrogens with two attached hydrogens (primary N) is 1. The van der Waals surface area contributed by atoms with Crippen LogP contribution in [-0.2, 0) is 4.74 Å². The molecule has 1 aliphatic rings. The molecule has 0 bridgehead atoms. The number of rotatable bonds is 3. The molecule has 0 saturated carbocycles. The van der Waals surface area contributed by atoms with E-state index in [2.05, 4.69) is 4.90 Å². The van der Waals surface area contributed by atoms with Crippen LogP contribution in [0.4, 0.5) is 11.4 Å². The van der Waals surface area contributed by atoms with Crippen molar-refractivity contribution in [2.75, 3.05) is 30.3 Å². The average molecular weight is 248 g/mol. The van der Waals surface area contributed by atoms with E-state index in [1.165, 1.54) is 19.3 Å². The molecule has 0 spiro atoms. The van der Waals surface area contributed by atoms with Gasteiger partial charge < -0.3 is 15.4 Å². The lowest BCUT2D eigenvalue weighted by molar-refractivity contribution is 0.0527. The Hall–Kier alpha value is -1.71. The molecule has 4 nitrogen and oxygen atoms in total. The Morgan fingerprint density at radius 3 is 2.72 bits per heavy atom. The predicted molar refractivity (Wildman–Crippen MR) is 72.9 cm³/mol. The molecule has 0 unspecified atom stereocenters. The molecule has 98 valence electrons. The van der Waals surface area contributed by atoms with E-state index in [1.807, 2.05) is 12.1 Å². The Bertz CT molecular complexity index is 426. The zero-order valence-electron chi connectivity index (χ0n) is 10.8. The third kappa shape index (κ3) is 2.75. The third-order valence-corrected chi connectivity index (χ3v) is 3.25. The summed E-state index contributed by atoms with van der Waals surface area (Å²) in [5.74, 6) is -0.339. The number of carbonyl (C=O) groups is 1. The Morgan fingerprint density at radius 2 is 2.06 bits per heavy atom. The van der Waals surface area contributed by atoms with E-state index >= 15 is 0 Å². The van der Waals surface area contributed by atoms with Crippen LogP contribution in [0.2, 0.25) is 0 Å². The van der Waals surface area contributed by atoms with E-state index in [4.69, 9.17) is 10.5 Å². The molecule has 1 heterocycles. The van der Waals surface area contributed by atoms with Gasteiger partial charge in [-0.05, 0) is 44.4 Å². The van der Waals surface area contributed by atoms with E-state index < -0.39 is 0 Å². The number of nitrogens with zero attached hydrogens (tertiary/aromatic N) is 1. The van der Waals surface area contributed by atoms with Crippen LogP contribution in [0.15, 0.2) is 18.2 Å². The van der Waals surface area contributed by atoms with Crippen molar-refractivity contribution in [3.8, 4) is 0 Å². The highest BCUT2D eigenvalue weighted by Gasteiger charge is 2.16. The van der Waals surface area contributed by atoms with E-state index in [0.717, 1.165) is 18.8 Å². The van der Waals surface area contributed by atoms with Crippen molar-refractivity contribution in [2.45, 2.75) is 26.2 Å². The van der Waals surface area contributed by atoms with E-state index in [9.17, 15) is 4.79 Å². The van der Waals surface area contributed by atoms with Gasteiger partial charge in [0.15, 0.2) is 0 Å². The van der Waals surface area contributed by atoms with Gasteiger partial charge in [0.05, 0.1) is 12.2 Å². The molecule has 1 aliphatic heterocycles. The van der Waals surface area contributed by atoms with Gasteiger partial charge in [-0.15, -0.1) is 0 Å². The van der Waals surface area contributed by atoms with Crippen LogP contribution in [0.25, 0.3) is 0 Å². The molecule has 1 aromatic rings. The Kier molecular flexibility index (Phi) is 4.07. The fraction of sp³-hybridized carbons (Fsp3) is 0.500. The molecule has 0 amide bonds. The smallest absolute Gasteiger partial charge is 0.340 e. The van der Waals surface area contributed by atoms with Crippen LogP contribution in [0.1, 0.15) is 36.5 Å². The van der Waals surface area contributed by atoms with Crippen LogP contribution >= 0.6 is 0 Å². The van der Waals surface area contributed by atoms with Gasteiger partial charge in [0.2, 0.25) is 0 Å². The fourth-order valence-corrected chi connectivity index (χ4v) is 2.28. The lowest BCUT2D eigenvalue weighted by Crippen LogP contribution is -2.29. The molecule has 1 fully saturated rings. The summed E-state index contributed by atoms with van der Waals surface area (Å²) < 4.78 is 5.01. The fourth-order valence-electron chi connectivity index (χ4n) is 2.28. The van der Waals surface area contributed by atoms with Gasteiger partial charge in [-0.25, -0.2) is 4.79 Å². The monoisotopic (exact) mass is 248 g/mol. The first-order chi connectivity index (χ1) is 8.72. The quantitative estimate of drug-likeness (QED) is 0.659. The number of nitrogen functional groups attached to an aromatic ring is 1. The zero-order valence-corrected chi connectivity index (χ0v) is 10.8. The maximum atomic E-state index is 11.8. The molecular formula is C14H20N2O2. The first kappa shape index (κ1) is 12.7. The van der Waals surface area contributed by atoms with Gasteiger partial charge >= 0.3 is 5.97 Å². The molecule has 4 heteroatoms. The van der Waals surface area contributed by atoms with E-state index in [0.29, 0.717) is 17.9 Å². The summed E-state index contributed by atoms with van der Waals surface area (Å²) in [5, 5.41) is 0. The number of ether oxygens (including phenoxy) is 1. The Balaban J connectivity index is 2.22. The highest BCUT2D eigenvalue weighted by atomic mass is 16.5. The van der Waals surface area contributed by atoms with Crippen molar-refractivity contribution < 1.29 is 9.53 Å². The lowest BCUT2D eigenvalue weighted by Gasteiger charge is -2.29. The van der Waals surface area contributed by atoms with Crippen LogP contribution in [0.5, 0.6) is 0 Å². The van der Waals surface area contributed by atoms with Crippen LogP contribution in [0.3, 0.4) is 0 Å². The first-order valence-corrected chi connectivity index (χ1v) is 6.54. The minimum absolute atomic E-state index is 0.339. The number of anilines is 2. The maximum absolute atomic E-state index is 11.8. The molecule has 1 aromatic carbocycles. The van der Waals surface area contributed by atoms with Gasteiger partial charge in [-0.2, -0.15) is 0 Å². The van der Waals surface area contributed by atoms with Gasteiger partial charge in [-0.3, -0.25) is 0 Å². The van der Waals surface area contributed by atoms with Gasteiger partial charge in [-0.1, -0.05) is 0 Å². The second kappa shape index (κ2) is 5.76. The summed E-state index contributed by atoms with van der Waals surface area (Å²) in [6, 6.07) is 5.61. The lowest BCUT2D eigenvalue weighted by atomic mass is 10.1. The summed E-state index contributed by atoms with van der Waals surface area (Å²) in [5.41, 5.74) is 7.85. The highest BCUT2D eigenvalue weighted by Crippen LogP contribution is 2.24. The minimum Gasteiger partial charge on any atom is -0.462 e. The number of hydrogen-bond acceptors (Lipinski definition) is 4. The second-order valence-electron chi connectivity index (χ2n) is 4.54. The largest absolute Gasteiger partial charge is 0.462 e. The average Bonchev–Trinajstić information content (AvgIpc) is 2.40. The molecule has 1 saturated heterocycles. The second-order valence-corrected chi connectivity index (χ2v) is 4.54. The molecule has 0 aliphatic carbocycles. The van der Waals surface area contributed by atoms with Crippen molar-refractivity contribution in [1.82, 2.24) is 0 Å². The Morgan fingerprint density at radius 1 is 1.33 bits per heavy atom. The first-order valence-electron chi connectivity index (χ1n) is 6.54. The molecular weight excluding hydrogens is 228 g/mol. The third-order valence-electron chi connectivity index (χ3n) is 3.25. The number of carbonyl (C=O) groups excluding carboxylic acids is 1. The minimum atomic E-state index is -0.339. The molecule has 0 aromatic heterocycles. The standard InChI is InChI=1S/C14H20N2O2/c1-2-18-14(17)12-10-11(6-7-13(12)15)16-8-4-3-5-9-16/h6-7,10H,2-5,8-9,15H2,1H3. The summed E-state index contributed by atoms with van der Waals surface area (Å²) in [4.78, 5) is 14.1. The topological polar surface area (TPSA) is 55.6 Å². The normalized spacial score (nSPS) is 15.5. The van der Waals surface area contributed by atoms with E-state index in [-0.39, 0.29) is 5.97 Å². The molecule has 2 N–H and O–H groups in total. The van der Waals surface area contributed by atoms with Gasteiger partial charge in [0.1, 0.15) is 0 Å². The van der Waals surface area contributed by atoms with Gasteiger partial charge in [0, 0.05) is 24.5 Å².